The van der Waals surface area contributed by atoms with Gasteiger partial charge < -0.3 is 9.47 Å². The highest BCUT2D eigenvalue weighted by molar-refractivity contribution is 5.81. The van der Waals surface area contributed by atoms with Crippen LogP contribution in [0, 0.1) is 0 Å². The second-order valence-electron chi connectivity index (χ2n) is 3.85. The van der Waals surface area contributed by atoms with Crippen molar-refractivity contribution in [3.05, 3.63) is 60.2 Å². The Labute approximate surface area is 116 Å². The van der Waals surface area contributed by atoms with Crippen LogP contribution in [-0.4, -0.2) is 19.4 Å². The van der Waals surface area contributed by atoms with Crippen molar-refractivity contribution >= 4 is 12.3 Å². The summed E-state index contributed by atoms with van der Waals surface area (Å²) in [6.45, 7) is 0. The third-order valence-electron chi connectivity index (χ3n) is 2.44. The highest BCUT2D eigenvalue weighted by atomic mass is 16.6. The molecule has 0 aliphatic rings. The number of amides is 1. The zero-order chi connectivity index (χ0) is 14.2. The van der Waals surface area contributed by atoms with Crippen LogP contribution >= 0.6 is 0 Å². The van der Waals surface area contributed by atoms with Crippen molar-refractivity contribution in [3.63, 3.8) is 0 Å². The van der Waals surface area contributed by atoms with Crippen LogP contribution < -0.4 is 14.9 Å². The fraction of sp³-hybridized carbons (Fsp3) is 0.0667. The highest BCUT2D eigenvalue weighted by Gasteiger charge is 2.00. The Morgan fingerprint density at radius 1 is 1.05 bits per heavy atom. The summed E-state index contributed by atoms with van der Waals surface area (Å²) in [5.74, 6) is 1.23. The first-order valence-electron chi connectivity index (χ1n) is 5.98. The molecule has 2 aromatic carbocycles. The summed E-state index contributed by atoms with van der Waals surface area (Å²) in [7, 11) is 1.60. The Hall–Kier alpha value is -2.82. The normalized spacial score (nSPS) is 10.2. The van der Waals surface area contributed by atoms with Gasteiger partial charge >= 0.3 is 6.09 Å². The third kappa shape index (κ3) is 4.13. The standard InChI is InChI=1S/C15H14N2O3/c1-19-13-9-7-12(8-10-13)11-16-17-15(18)20-14-5-3-2-4-6-14/h2-11H,1H3,(H,17,18). The van der Waals surface area contributed by atoms with Gasteiger partial charge in [0.05, 0.1) is 13.3 Å². The van der Waals surface area contributed by atoms with Gasteiger partial charge in [0.1, 0.15) is 11.5 Å². The molecular weight excluding hydrogens is 256 g/mol. The number of carbonyl (C=O) groups is 1. The summed E-state index contributed by atoms with van der Waals surface area (Å²) < 4.78 is 10.0. The Kier molecular flexibility index (Phi) is 4.72. The van der Waals surface area contributed by atoms with Gasteiger partial charge in [0.25, 0.3) is 0 Å². The van der Waals surface area contributed by atoms with E-state index in [-0.39, 0.29) is 0 Å². The van der Waals surface area contributed by atoms with Gasteiger partial charge in [-0.2, -0.15) is 5.10 Å². The van der Waals surface area contributed by atoms with E-state index in [9.17, 15) is 4.79 Å². The Morgan fingerprint density at radius 2 is 1.75 bits per heavy atom. The van der Waals surface area contributed by atoms with Crippen LogP contribution in [0.15, 0.2) is 59.7 Å². The molecule has 0 aliphatic carbocycles. The number of nitrogens with zero attached hydrogens (tertiary/aromatic N) is 1. The molecule has 0 radical (unpaired) electrons. The molecule has 0 atom stereocenters. The molecule has 0 aliphatic heterocycles. The van der Waals surface area contributed by atoms with E-state index < -0.39 is 6.09 Å². The van der Waals surface area contributed by atoms with Gasteiger partial charge in [0.2, 0.25) is 0 Å². The second-order valence-corrected chi connectivity index (χ2v) is 3.85. The molecule has 1 N–H and O–H groups in total. The van der Waals surface area contributed by atoms with Gasteiger partial charge in [0, 0.05) is 0 Å². The Morgan fingerprint density at radius 3 is 2.40 bits per heavy atom. The van der Waals surface area contributed by atoms with E-state index in [2.05, 4.69) is 10.5 Å². The lowest BCUT2D eigenvalue weighted by atomic mass is 10.2. The lowest BCUT2D eigenvalue weighted by Crippen LogP contribution is -2.21. The molecule has 1 amide bonds. The van der Waals surface area contributed by atoms with Crippen LogP contribution in [0.25, 0.3) is 0 Å². The van der Waals surface area contributed by atoms with E-state index in [0.29, 0.717) is 5.75 Å². The number of para-hydroxylation sites is 1. The molecule has 0 aromatic heterocycles. The molecule has 5 heteroatoms. The Balaban J connectivity index is 1.84. The maximum atomic E-state index is 11.4. The molecule has 0 unspecified atom stereocenters. The maximum Gasteiger partial charge on any atom is 0.433 e. The zero-order valence-corrected chi connectivity index (χ0v) is 10.9. The summed E-state index contributed by atoms with van der Waals surface area (Å²) in [6.07, 6.45) is 0.882. The molecule has 20 heavy (non-hydrogen) atoms. The van der Waals surface area contributed by atoms with Gasteiger partial charge in [-0.1, -0.05) is 18.2 Å². The van der Waals surface area contributed by atoms with Crippen molar-refractivity contribution < 1.29 is 14.3 Å². The van der Waals surface area contributed by atoms with Crippen molar-refractivity contribution in [2.45, 2.75) is 0 Å². The minimum Gasteiger partial charge on any atom is -0.497 e. The average Bonchev–Trinajstić information content (AvgIpc) is 2.49. The number of benzene rings is 2. The van der Waals surface area contributed by atoms with Gasteiger partial charge in [0.15, 0.2) is 0 Å². The summed E-state index contributed by atoms with van der Waals surface area (Å²) in [4.78, 5) is 11.4. The Bertz CT molecular complexity index is 580. The lowest BCUT2D eigenvalue weighted by molar-refractivity contribution is 0.201. The van der Waals surface area contributed by atoms with Crippen molar-refractivity contribution in [1.29, 1.82) is 0 Å². The highest BCUT2D eigenvalue weighted by Crippen LogP contribution is 2.10. The molecule has 0 saturated heterocycles. The van der Waals surface area contributed by atoms with Crippen molar-refractivity contribution in [2.75, 3.05) is 7.11 Å². The monoisotopic (exact) mass is 270 g/mol. The van der Waals surface area contributed by atoms with Crippen molar-refractivity contribution in [1.82, 2.24) is 5.43 Å². The molecule has 5 nitrogen and oxygen atoms in total. The number of hydrogen-bond acceptors (Lipinski definition) is 4. The van der Waals surface area contributed by atoms with Crippen LogP contribution in [0.5, 0.6) is 11.5 Å². The number of hydrazone groups is 1. The quantitative estimate of drug-likeness (QED) is 0.686. The average molecular weight is 270 g/mol. The van der Waals surface area contributed by atoms with Crippen LogP contribution in [0.3, 0.4) is 0 Å². The second kappa shape index (κ2) is 6.94. The number of methoxy groups -OCH3 is 1. The number of ether oxygens (including phenoxy) is 2. The van der Waals surface area contributed by atoms with Crippen LogP contribution in [0.4, 0.5) is 4.79 Å². The number of rotatable bonds is 4. The van der Waals surface area contributed by atoms with Crippen molar-refractivity contribution in [3.8, 4) is 11.5 Å². The largest absolute Gasteiger partial charge is 0.497 e. The first kappa shape index (κ1) is 13.6. The smallest absolute Gasteiger partial charge is 0.433 e. The summed E-state index contributed by atoms with van der Waals surface area (Å²) >= 11 is 0. The zero-order valence-electron chi connectivity index (χ0n) is 10.9. The summed E-state index contributed by atoms with van der Waals surface area (Å²) in [5, 5.41) is 3.80. The number of nitrogens with one attached hydrogen (secondary N) is 1. The van der Waals surface area contributed by atoms with E-state index in [1.165, 1.54) is 6.21 Å². The lowest BCUT2D eigenvalue weighted by Gasteiger charge is -2.02. The van der Waals surface area contributed by atoms with Gasteiger partial charge in [-0.05, 0) is 42.0 Å². The first-order valence-corrected chi connectivity index (χ1v) is 5.98. The molecule has 0 heterocycles. The SMILES string of the molecule is COc1ccc(C=NNC(=O)Oc2ccccc2)cc1. The minimum absolute atomic E-state index is 0.463. The maximum absolute atomic E-state index is 11.4. The topological polar surface area (TPSA) is 59.9 Å². The van der Waals surface area contributed by atoms with E-state index in [4.69, 9.17) is 9.47 Å². The summed E-state index contributed by atoms with van der Waals surface area (Å²) in [5.41, 5.74) is 3.12. The van der Waals surface area contributed by atoms with Crippen molar-refractivity contribution in [2.24, 2.45) is 5.10 Å². The molecule has 0 fully saturated rings. The third-order valence-corrected chi connectivity index (χ3v) is 2.44. The summed E-state index contributed by atoms with van der Waals surface area (Å²) in [6, 6.07) is 16.0. The first-order chi connectivity index (χ1) is 9.78. The predicted octanol–water partition coefficient (Wildman–Crippen LogP) is 2.82. The predicted molar refractivity (Wildman–Crippen MR) is 76.2 cm³/mol. The van der Waals surface area contributed by atoms with E-state index in [0.717, 1.165) is 11.3 Å². The van der Waals surface area contributed by atoms with E-state index in [1.807, 2.05) is 30.3 Å². The number of hydrogen-bond donors (Lipinski definition) is 1. The van der Waals surface area contributed by atoms with Crippen LogP contribution in [0.1, 0.15) is 5.56 Å². The fourth-order valence-electron chi connectivity index (χ4n) is 1.47. The van der Waals surface area contributed by atoms with E-state index in [1.54, 1.807) is 31.4 Å². The minimum atomic E-state index is -0.638. The number of carbonyl (C=O) groups excluding carboxylic acids is 1. The van der Waals surface area contributed by atoms with Gasteiger partial charge in [-0.3, -0.25) is 0 Å². The van der Waals surface area contributed by atoms with E-state index >= 15 is 0 Å². The molecule has 0 spiro atoms. The molecular formula is C15H14N2O3. The van der Waals surface area contributed by atoms with Crippen LogP contribution in [0.2, 0.25) is 0 Å². The van der Waals surface area contributed by atoms with Gasteiger partial charge in [-0.25, -0.2) is 10.2 Å². The molecule has 0 bridgehead atoms. The molecule has 2 aromatic rings. The fourth-order valence-corrected chi connectivity index (χ4v) is 1.47. The van der Waals surface area contributed by atoms with Gasteiger partial charge in [-0.15, -0.1) is 0 Å². The van der Waals surface area contributed by atoms with Crippen LogP contribution in [-0.2, 0) is 0 Å². The molecule has 2 rings (SSSR count). The molecule has 102 valence electrons. The molecule has 0 saturated carbocycles.